The highest BCUT2D eigenvalue weighted by molar-refractivity contribution is 7.10. The number of rotatable bonds is 2. The molecule has 1 saturated heterocycles. The van der Waals surface area contributed by atoms with E-state index in [1.807, 2.05) is 5.38 Å². The van der Waals surface area contributed by atoms with Gasteiger partial charge in [-0.3, -0.25) is 4.79 Å². The van der Waals surface area contributed by atoms with Gasteiger partial charge in [-0.05, 0) is 42.6 Å². The number of likely N-dealkylation sites (tertiary alicyclic amines) is 1. The molecular formula is C17H25NOS. The lowest BCUT2D eigenvalue weighted by atomic mass is 9.65. The average Bonchev–Trinajstić information content (AvgIpc) is 2.89. The van der Waals surface area contributed by atoms with Gasteiger partial charge in [0.1, 0.15) is 0 Å². The smallest absolute Gasteiger partial charge is 0.254 e. The van der Waals surface area contributed by atoms with Crippen LogP contribution in [0.5, 0.6) is 0 Å². The van der Waals surface area contributed by atoms with Gasteiger partial charge in [-0.15, -0.1) is 11.3 Å². The van der Waals surface area contributed by atoms with Crippen molar-refractivity contribution in [2.45, 2.75) is 59.4 Å². The highest BCUT2D eigenvalue weighted by atomic mass is 32.1. The van der Waals surface area contributed by atoms with E-state index in [2.05, 4.69) is 38.7 Å². The van der Waals surface area contributed by atoms with Crippen LogP contribution in [-0.2, 0) is 6.42 Å². The fourth-order valence-electron chi connectivity index (χ4n) is 4.54. The minimum atomic E-state index is 0.257. The third-order valence-electron chi connectivity index (χ3n) is 4.92. The minimum absolute atomic E-state index is 0.257. The molecule has 2 heterocycles. The van der Waals surface area contributed by atoms with E-state index in [0.717, 1.165) is 24.9 Å². The van der Waals surface area contributed by atoms with E-state index in [9.17, 15) is 4.79 Å². The lowest BCUT2D eigenvalue weighted by Gasteiger charge is -2.39. The summed E-state index contributed by atoms with van der Waals surface area (Å²) in [6.45, 7) is 10.2. The first kappa shape index (κ1) is 14.1. The summed E-state index contributed by atoms with van der Waals surface area (Å²) in [4.78, 5) is 16.3. The standard InChI is InChI=1S/C17H25NOS/c1-5-14-6-12(9-20-14)15(19)18-11-17(4)8-13(18)7-16(2,3)10-17/h6,9,13H,5,7-8,10-11H2,1-4H3. The summed E-state index contributed by atoms with van der Waals surface area (Å²) < 4.78 is 0. The molecule has 2 nitrogen and oxygen atoms in total. The maximum atomic E-state index is 12.8. The summed E-state index contributed by atoms with van der Waals surface area (Å²) in [5.41, 5.74) is 1.60. The number of aryl methyl sites for hydroxylation is 1. The Bertz CT molecular complexity index is 533. The lowest BCUT2D eigenvalue weighted by Crippen LogP contribution is -2.37. The SMILES string of the molecule is CCc1cc(C(=O)N2CC3(C)CC2CC(C)(C)C3)cs1. The molecule has 3 heteroatoms. The normalized spacial score (nSPS) is 31.6. The van der Waals surface area contributed by atoms with Crippen molar-refractivity contribution in [1.82, 2.24) is 4.90 Å². The van der Waals surface area contributed by atoms with E-state index in [1.165, 1.54) is 17.7 Å². The van der Waals surface area contributed by atoms with Gasteiger partial charge in [0.05, 0.1) is 5.56 Å². The van der Waals surface area contributed by atoms with Crippen LogP contribution in [0.2, 0.25) is 0 Å². The molecule has 1 aliphatic carbocycles. The maximum Gasteiger partial charge on any atom is 0.254 e. The van der Waals surface area contributed by atoms with Crippen molar-refractivity contribution in [3.8, 4) is 0 Å². The molecule has 2 aliphatic rings. The topological polar surface area (TPSA) is 20.3 Å². The van der Waals surface area contributed by atoms with Gasteiger partial charge < -0.3 is 4.90 Å². The summed E-state index contributed by atoms with van der Waals surface area (Å²) in [7, 11) is 0. The molecule has 2 unspecified atom stereocenters. The first-order chi connectivity index (χ1) is 9.32. The van der Waals surface area contributed by atoms with E-state index in [0.29, 0.717) is 16.9 Å². The van der Waals surface area contributed by atoms with Gasteiger partial charge in [-0.25, -0.2) is 0 Å². The first-order valence-corrected chi connectivity index (χ1v) is 8.58. The van der Waals surface area contributed by atoms with Crippen LogP contribution in [0.15, 0.2) is 11.4 Å². The number of hydrogen-bond acceptors (Lipinski definition) is 2. The maximum absolute atomic E-state index is 12.8. The van der Waals surface area contributed by atoms with Crippen LogP contribution in [0.1, 0.15) is 62.2 Å². The predicted molar refractivity (Wildman–Crippen MR) is 84.3 cm³/mol. The Kier molecular flexibility index (Phi) is 3.24. The van der Waals surface area contributed by atoms with Gasteiger partial charge >= 0.3 is 0 Å². The number of fused-ring (bicyclic) bond motifs is 2. The Labute approximate surface area is 126 Å². The molecule has 1 aromatic rings. The molecule has 0 spiro atoms. The molecule has 3 rings (SSSR count). The second kappa shape index (κ2) is 4.59. The average molecular weight is 291 g/mol. The van der Waals surface area contributed by atoms with Gasteiger partial charge in [0.15, 0.2) is 0 Å². The van der Waals surface area contributed by atoms with Crippen LogP contribution in [0.4, 0.5) is 0 Å². The van der Waals surface area contributed by atoms with Crippen LogP contribution in [0.25, 0.3) is 0 Å². The van der Waals surface area contributed by atoms with Crippen LogP contribution in [-0.4, -0.2) is 23.4 Å². The van der Waals surface area contributed by atoms with Gasteiger partial charge in [0.2, 0.25) is 0 Å². The Hall–Kier alpha value is -0.830. The summed E-state index contributed by atoms with van der Waals surface area (Å²) >= 11 is 1.71. The van der Waals surface area contributed by atoms with Crippen molar-refractivity contribution in [3.63, 3.8) is 0 Å². The number of amides is 1. The molecular weight excluding hydrogens is 266 g/mol. The number of carbonyl (C=O) groups is 1. The third kappa shape index (κ3) is 2.41. The fourth-order valence-corrected chi connectivity index (χ4v) is 5.35. The molecule has 2 bridgehead atoms. The van der Waals surface area contributed by atoms with Crippen LogP contribution in [0, 0.1) is 10.8 Å². The minimum Gasteiger partial charge on any atom is -0.335 e. The van der Waals surface area contributed by atoms with Crippen molar-refractivity contribution in [3.05, 3.63) is 21.9 Å². The van der Waals surface area contributed by atoms with E-state index in [1.54, 1.807) is 11.3 Å². The molecule has 0 aromatic carbocycles. The second-order valence-corrected chi connectivity index (χ2v) is 8.80. The molecule has 1 amide bonds. The number of thiophene rings is 1. The summed E-state index contributed by atoms with van der Waals surface area (Å²) in [5.74, 6) is 0.257. The summed E-state index contributed by atoms with van der Waals surface area (Å²) in [6.07, 6.45) is 4.60. The monoisotopic (exact) mass is 291 g/mol. The number of nitrogens with zero attached hydrogens (tertiary/aromatic N) is 1. The highest BCUT2D eigenvalue weighted by Crippen LogP contribution is 2.52. The Morgan fingerprint density at radius 2 is 2.15 bits per heavy atom. The Morgan fingerprint density at radius 1 is 1.40 bits per heavy atom. The molecule has 1 saturated carbocycles. The zero-order valence-electron chi connectivity index (χ0n) is 13.0. The van der Waals surface area contributed by atoms with Crippen LogP contribution < -0.4 is 0 Å². The van der Waals surface area contributed by atoms with Crippen molar-refractivity contribution in [2.24, 2.45) is 10.8 Å². The van der Waals surface area contributed by atoms with Gasteiger partial charge in [0.25, 0.3) is 5.91 Å². The van der Waals surface area contributed by atoms with E-state index in [4.69, 9.17) is 0 Å². The lowest BCUT2D eigenvalue weighted by molar-refractivity contribution is 0.0708. The summed E-state index contributed by atoms with van der Waals surface area (Å²) in [6, 6.07) is 2.53. The van der Waals surface area contributed by atoms with Gasteiger partial charge in [-0.1, -0.05) is 27.7 Å². The van der Waals surface area contributed by atoms with Crippen LogP contribution >= 0.6 is 11.3 Å². The van der Waals surface area contributed by atoms with E-state index >= 15 is 0 Å². The van der Waals surface area contributed by atoms with Crippen molar-refractivity contribution < 1.29 is 4.79 Å². The van der Waals surface area contributed by atoms with Crippen LogP contribution in [0.3, 0.4) is 0 Å². The summed E-state index contributed by atoms with van der Waals surface area (Å²) in [5, 5.41) is 2.04. The van der Waals surface area contributed by atoms with E-state index in [-0.39, 0.29) is 5.91 Å². The first-order valence-electron chi connectivity index (χ1n) is 7.70. The Balaban J connectivity index is 1.83. The molecule has 0 N–H and O–H groups in total. The fraction of sp³-hybridized carbons (Fsp3) is 0.706. The van der Waals surface area contributed by atoms with Crippen molar-refractivity contribution in [2.75, 3.05) is 6.54 Å². The number of hydrogen-bond donors (Lipinski definition) is 0. The molecule has 0 radical (unpaired) electrons. The second-order valence-electron chi connectivity index (χ2n) is 7.80. The zero-order valence-corrected chi connectivity index (χ0v) is 13.8. The largest absolute Gasteiger partial charge is 0.335 e. The molecule has 20 heavy (non-hydrogen) atoms. The van der Waals surface area contributed by atoms with Crippen molar-refractivity contribution in [1.29, 1.82) is 0 Å². The molecule has 2 fully saturated rings. The molecule has 110 valence electrons. The van der Waals surface area contributed by atoms with E-state index < -0.39 is 0 Å². The Morgan fingerprint density at radius 3 is 2.80 bits per heavy atom. The molecule has 1 aromatic heterocycles. The van der Waals surface area contributed by atoms with Gasteiger partial charge in [-0.2, -0.15) is 0 Å². The highest BCUT2D eigenvalue weighted by Gasteiger charge is 2.51. The quantitative estimate of drug-likeness (QED) is 0.793. The molecule has 1 aliphatic heterocycles. The number of carbonyl (C=O) groups excluding carboxylic acids is 1. The van der Waals surface area contributed by atoms with Crippen molar-refractivity contribution >= 4 is 17.2 Å². The zero-order chi connectivity index (χ0) is 14.5. The predicted octanol–water partition coefficient (Wildman–Crippen LogP) is 4.35. The van der Waals surface area contributed by atoms with Gasteiger partial charge in [0, 0.05) is 22.8 Å². The molecule has 2 atom stereocenters. The third-order valence-corrected chi connectivity index (χ3v) is 6.01.